The first kappa shape index (κ1) is 19.1. The highest BCUT2D eigenvalue weighted by molar-refractivity contribution is 6.03. The number of carbonyl (C=O) groups is 1. The third kappa shape index (κ3) is 4.09. The van der Waals surface area contributed by atoms with Crippen molar-refractivity contribution >= 4 is 11.6 Å². The van der Waals surface area contributed by atoms with Crippen LogP contribution in [0.3, 0.4) is 0 Å². The molecule has 4 aromatic rings. The Balaban J connectivity index is 1.49. The normalized spacial score (nSPS) is 10.6. The number of aryl methyl sites for hydroxylation is 2. The largest absolute Gasteiger partial charge is 0.439 e. The number of pyridine rings is 1. The maximum absolute atomic E-state index is 12.4. The molecule has 4 rings (SSSR count). The van der Waals surface area contributed by atoms with Gasteiger partial charge < -0.3 is 14.6 Å². The maximum atomic E-state index is 12.4. The third-order valence-corrected chi connectivity index (χ3v) is 4.27. The Kier molecular flexibility index (Phi) is 5.08. The average Bonchev–Trinajstić information content (AvgIpc) is 3.26. The lowest BCUT2D eigenvalue weighted by atomic mass is 10.2. The van der Waals surface area contributed by atoms with E-state index in [9.17, 15) is 9.59 Å². The number of imidazole rings is 1. The fraction of sp³-hybridized carbons (Fsp3) is 0.0952. The van der Waals surface area contributed by atoms with E-state index in [1.807, 2.05) is 0 Å². The molecule has 1 amide bonds. The van der Waals surface area contributed by atoms with Gasteiger partial charge in [-0.25, -0.2) is 9.97 Å². The van der Waals surface area contributed by atoms with Crippen LogP contribution in [0.4, 0.5) is 5.69 Å². The zero-order valence-corrected chi connectivity index (χ0v) is 16.3. The Labute approximate surface area is 171 Å². The second kappa shape index (κ2) is 8.00. The molecule has 3 aromatic heterocycles. The lowest BCUT2D eigenvalue weighted by Gasteiger charge is -2.09. The molecule has 0 atom stereocenters. The molecule has 0 unspecified atom stereocenters. The summed E-state index contributed by atoms with van der Waals surface area (Å²) in [6.07, 6.45) is 6.68. The van der Waals surface area contributed by atoms with E-state index in [-0.39, 0.29) is 11.1 Å². The van der Waals surface area contributed by atoms with Crippen LogP contribution in [0.1, 0.15) is 16.2 Å². The summed E-state index contributed by atoms with van der Waals surface area (Å²) in [5, 5.41) is 2.71. The Bertz CT molecular complexity index is 1250. The smallest absolute Gasteiger partial charge is 0.263 e. The molecule has 1 aromatic carbocycles. The quantitative estimate of drug-likeness (QED) is 0.550. The van der Waals surface area contributed by atoms with Crippen molar-refractivity contribution in [2.45, 2.75) is 6.92 Å². The Morgan fingerprint density at radius 2 is 1.90 bits per heavy atom. The number of benzene rings is 1. The molecule has 0 fully saturated rings. The van der Waals surface area contributed by atoms with Crippen molar-refractivity contribution in [3.8, 4) is 17.4 Å². The molecule has 1 N–H and O–H groups in total. The van der Waals surface area contributed by atoms with Crippen molar-refractivity contribution in [1.82, 2.24) is 24.1 Å². The molecule has 0 spiro atoms. The predicted octanol–water partition coefficient (Wildman–Crippen LogP) is 2.71. The summed E-state index contributed by atoms with van der Waals surface area (Å²) in [5.41, 5.74) is 0.253. The molecule has 150 valence electrons. The van der Waals surface area contributed by atoms with Crippen molar-refractivity contribution in [2.24, 2.45) is 7.05 Å². The number of carbonyl (C=O) groups excluding carboxylic acids is 1. The molecule has 3 heterocycles. The summed E-state index contributed by atoms with van der Waals surface area (Å²) in [7, 11) is 1.60. The molecule has 9 heteroatoms. The van der Waals surface area contributed by atoms with Crippen LogP contribution in [0.25, 0.3) is 5.82 Å². The first-order valence-corrected chi connectivity index (χ1v) is 9.08. The first-order chi connectivity index (χ1) is 14.5. The van der Waals surface area contributed by atoms with Crippen LogP contribution in [0.2, 0.25) is 0 Å². The van der Waals surface area contributed by atoms with Crippen molar-refractivity contribution in [3.05, 3.63) is 89.1 Å². The number of ether oxygens (including phenoxy) is 1. The van der Waals surface area contributed by atoms with E-state index in [1.54, 1.807) is 79.9 Å². The highest BCUT2D eigenvalue weighted by Crippen LogP contribution is 2.23. The summed E-state index contributed by atoms with van der Waals surface area (Å²) in [4.78, 5) is 37.1. The number of aromatic nitrogens is 5. The number of anilines is 1. The molecule has 0 aliphatic heterocycles. The average molecular weight is 402 g/mol. The van der Waals surface area contributed by atoms with Gasteiger partial charge in [0, 0.05) is 37.4 Å². The molecule has 0 aliphatic carbocycles. The van der Waals surface area contributed by atoms with Crippen LogP contribution in [0.15, 0.2) is 72.2 Å². The van der Waals surface area contributed by atoms with Gasteiger partial charge in [0.05, 0.1) is 0 Å². The van der Waals surface area contributed by atoms with Gasteiger partial charge in [-0.2, -0.15) is 4.98 Å². The van der Waals surface area contributed by atoms with E-state index in [1.165, 1.54) is 10.6 Å². The number of nitrogens with one attached hydrogen (secondary N) is 1. The van der Waals surface area contributed by atoms with E-state index in [0.717, 1.165) is 0 Å². The Morgan fingerprint density at radius 3 is 2.63 bits per heavy atom. The molecule has 30 heavy (non-hydrogen) atoms. The van der Waals surface area contributed by atoms with Crippen LogP contribution in [0, 0.1) is 6.92 Å². The maximum Gasteiger partial charge on any atom is 0.263 e. The first-order valence-electron chi connectivity index (χ1n) is 9.08. The van der Waals surface area contributed by atoms with Gasteiger partial charge in [-0.1, -0.05) is 0 Å². The summed E-state index contributed by atoms with van der Waals surface area (Å²) >= 11 is 0. The van der Waals surface area contributed by atoms with E-state index in [2.05, 4.69) is 20.3 Å². The number of hydrogen-bond acceptors (Lipinski definition) is 6. The third-order valence-electron chi connectivity index (χ3n) is 4.27. The number of hydrogen-bond donors (Lipinski definition) is 1. The Hall–Kier alpha value is -4.27. The van der Waals surface area contributed by atoms with E-state index in [4.69, 9.17) is 4.74 Å². The van der Waals surface area contributed by atoms with Crippen LogP contribution in [-0.4, -0.2) is 30.0 Å². The topological polar surface area (TPSA) is 104 Å². The van der Waals surface area contributed by atoms with Gasteiger partial charge in [0.1, 0.15) is 29.3 Å². The van der Waals surface area contributed by atoms with Gasteiger partial charge in [-0.15, -0.1) is 0 Å². The summed E-state index contributed by atoms with van der Waals surface area (Å²) < 4.78 is 8.94. The fourth-order valence-corrected chi connectivity index (χ4v) is 2.80. The van der Waals surface area contributed by atoms with Gasteiger partial charge in [0.15, 0.2) is 0 Å². The second-order valence-electron chi connectivity index (χ2n) is 6.50. The number of nitrogens with zero attached hydrogens (tertiary/aromatic N) is 5. The monoisotopic (exact) mass is 402 g/mol. The van der Waals surface area contributed by atoms with Crippen LogP contribution < -0.4 is 15.6 Å². The minimum absolute atomic E-state index is 0.0730. The van der Waals surface area contributed by atoms with Crippen molar-refractivity contribution in [3.63, 3.8) is 0 Å². The van der Waals surface area contributed by atoms with E-state index < -0.39 is 5.91 Å². The van der Waals surface area contributed by atoms with Gasteiger partial charge >= 0.3 is 0 Å². The minimum atomic E-state index is -0.471. The van der Waals surface area contributed by atoms with Gasteiger partial charge in [-0.3, -0.25) is 14.2 Å². The SMILES string of the molecule is Cc1nc(Oc2ccc(NC(=O)c3cccn(C)c3=O)cc2)cc(-n2ccnc2)n1. The summed E-state index contributed by atoms with van der Waals surface area (Å²) in [6, 6.07) is 11.6. The highest BCUT2D eigenvalue weighted by atomic mass is 16.5. The lowest BCUT2D eigenvalue weighted by molar-refractivity contribution is 0.102. The summed E-state index contributed by atoms with van der Waals surface area (Å²) in [6.45, 7) is 1.78. The lowest BCUT2D eigenvalue weighted by Crippen LogP contribution is -2.26. The molecular formula is C21H18N6O3. The standard InChI is InChI=1S/C21H18N6O3/c1-14-23-18(27-11-9-22-13-27)12-19(24-14)30-16-7-5-15(6-8-16)25-20(28)17-4-3-10-26(2)21(17)29/h3-13H,1-2H3,(H,25,28). The second-order valence-corrected chi connectivity index (χ2v) is 6.50. The fourth-order valence-electron chi connectivity index (χ4n) is 2.80. The van der Waals surface area contributed by atoms with Crippen molar-refractivity contribution in [1.29, 1.82) is 0 Å². The number of amides is 1. The van der Waals surface area contributed by atoms with Crippen molar-refractivity contribution < 1.29 is 9.53 Å². The molecule has 0 radical (unpaired) electrons. The Morgan fingerprint density at radius 1 is 1.10 bits per heavy atom. The predicted molar refractivity (Wildman–Crippen MR) is 110 cm³/mol. The molecular weight excluding hydrogens is 384 g/mol. The van der Waals surface area contributed by atoms with Gasteiger partial charge in [0.2, 0.25) is 5.88 Å². The van der Waals surface area contributed by atoms with Crippen LogP contribution in [0.5, 0.6) is 11.6 Å². The number of rotatable bonds is 5. The highest BCUT2D eigenvalue weighted by Gasteiger charge is 2.12. The molecule has 9 nitrogen and oxygen atoms in total. The molecule has 0 saturated carbocycles. The van der Waals surface area contributed by atoms with E-state index in [0.29, 0.717) is 29.0 Å². The van der Waals surface area contributed by atoms with E-state index >= 15 is 0 Å². The molecule has 0 saturated heterocycles. The molecule has 0 bridgehead atoms. The zero-order valence-electron chi connectivity index (χ0n) is 16.3. The van der Waals surface area contributed by atoms with Gasteiger partial charge in [-0.05, 0) is 43.3 Å². The summed E-state index contributed by atoms with van der Waals surface area (Å²) in [5.74, 6) is 1.66. The van der Waals surface area contributed by atoms with Crippen molar-refractivity contribution in [2.75, 3.05) is 5.32 Å². The zero-order chi connectivity index (χ0) is 21.1. The van der Waals surface area contributed by atoms with Crippen LogP contribution in [-0.2, 0) is 7.05 Å². The minimum Gasteiger partial charge on any atom is -0.439 e. The molecule has 0 aliphatic rings. The van der Waals surface area contributed by atoms with Crippen LogP contribution >= 0.6 is 0 Å². The van der Waals surface area contributed by atoms with Gasteiger partial charge in [0.25, 0.3) is 11.5 Å².